The summed E-state index contributed by atoms with van der Waals surface area (Å²) in [6.07, 6.45) is -0.303. The third-order valence-electron chi connectivity index (χ3n) is 3.53. The molecule has 2 unspecified atom stereocenters. The second kappa shape index (κ2) is 5.25. The molecule has 1 aromatic heterocycles. The average Bonchev–Trinajstić information content (AvgIpc) is 2.94. The number of hydrogen-bond acceptors (Lipinski definition) is 5. The number of fused-ring (bicyclic) bond motifs is 1. The molecule has 1 heterocycles. The quantitative estimate of drug-likeness (QED) is 0.881. The fraction of sp³-hybridized carbons (Fsp3) is 0.357. The van der Waals surface area contributed by atoms with Gasteiger partial charge in [0.15, 0.2) is 0 Å². The highest BCUT2D eigenvalue weighted by Gasteiger charge is 2.33. The maximum Gasteiger partial charge on any atom is 0.218 e. The lowest BCUT2D eigenvalue weighted by Gasteiger charge is -2.17. The lowest BCUT2D eigenvalue weighted by atomic mass is 10.1. The van der Waals surface area contributed by atoms with E-state index in [1.807, 2.05) is 24.3 Å². The number of aliphatic hydroxyl groups excluding tert-OH is 1. The zero-order valence-corrected chi connectivity index (χ0v) is 12.3. The lowest BCUT2D eigenvalue weighted by Crippen LogP contribution is -2.34. The van der Waals surface area contributed by atoms with Crippen molar-refractivity contribution in [1.82, 2.24) is 9.88 Å². The Morgan fingerprint density at radius 2 is 2.19 bits per heavy atom. The van der Waals surface area contributed by atoms with E-state index < -0.39 is 22.2 Å². The summed E-state index contributed by atoms with van der Waals surface area (Å²) in [6, 6.07) is 8.41. The molecule has 2 aromatic rings. The Hall–Kier alpha value is -1.70. The molecule has 6 nitrogen and oxygen atoms in total. The van der Waals surface area contributed by atoms with Gasteiger partial charge in [-0.3, -0.25) is 0 Å². The van der Waals surface area contributed by atoms with Gasteiger partial charge >= 0.3 is 0 Å². The van der Waals surface area contributed by atoms with Crippen LogP contribution in [0.25, 0.3) is 0 Å². The van der Waals surface area contributed by atoms with Crippen molar-refractivity contribution in [2.75, 3.05) is 0 Å². The summed E-state index contributed by atoms with van der Waals surface area (Å²) < 4.78 is 31.9. The highest BCUT2D eigenvalue weighted by atomic mass is 32.2. The van der Waals surface area contributed by atoms with Gasteiger partial charge in [0.2, 0.25) is 10.0 Å². The molecule has 0 fully saturated rings. The van der Waals surface area contributed by atoms with Crippen LogP contribution in [0.5, 0.6) is 0 Å². The van der Waals surface area contributed by atoms with Crippen molar-refractivity contribution in [1.29, 1.82) is 0 Å². The van der Waals surface area contributed by atoms with E-state index in [9.17, 15) is 13.5 Å². The van der Waals surface area contributed by atoms with Crippen molar-refractivity contribution in [3.05, 3.63) is 52.9 Å². The van der Waals surface area contributed by atoms with E-state index in [0.29, 0.717) is 17.9 Å². The minimum Gasteiger partial charge on any atom is -0.391 e. The number of aliphatic hydroxyl groups is 1. The average molecular weight is 308 g/mol. The Balaban J connectivity index is 1.79. The number of aromatic nitrogens is 1. The lowest BCUT2D eigenvalue weighted by molar-refractivity contribution is 0.151. The Morgan fingerprint density at radius 3 is 2.90 bits per heavy atom. The van der Waals surface area contributed by atoms with Gasteiger partial charge < -0.3 is 9.63 Å². The summed E-state index contributed by atoms with van der Waals surface area (Å²) in [6.45, 7) is 1.70. The van der Waals surface area contributed by atoms with Crippen LogP contribution in [0.3, 0.4) is 0 Å². The van der Waals surface area contributed by atoms with Crippen molar-refractivity contribution >= 4 is 10.0 Å². The highest BCUT2D eigenvalue weighted by Crippen LogP contribution is 2.31. The predicted octanol–water partition coefficient (Wildman–Crippen LogP) is 1.06. The van der Waals surface area contributed by atoms with E-state index in [2.05, 4.69) is 9.88 Å². The van der Waals surface area contributed by atoms with Crippen LogP contribution in [0.2, 0.25) is 0 Å². The summed E-state index contributed by atoms with van der Waals surface area (Å²) in [4.78, 5) is 0. The van der Waals surface area contributed by atoms with Crippen molar-refractivity contribution in [2.24, 2.45) is 0 Å². The summed E-state index contributed by atoms with van der Waals surface area (Å²) in [5, 5.41) is 13.8. The monoisotopic (exact) mass is 308 g/mol. The largest absolute Gasteiger partial charge is 0.391 e. The molecular weight excluding hydrogens is 292 g/mol. The molecule has 0 amide bonds. The molecule has 0 bridgehead atoms. The number of nitrogens with zero attached hydrogens (tertiary/aromatic N) is 1. The molecule has 2 N–H and O–H groups in total. The van der Waals surface area contributed by atoms with Gasteiger partial charge in [0.25, 0.3) is 0 Å². The molecule has 21 heavy (non-hydrogen) atoms. The van der Waals surface area contributed by atoms with Crippen LogP contribution in [-0.2, 0) is 22.2 Å². The van der Waals surface area contributed by atoms with E-state index in [1.54, 1.807) is 13.0 Å². The Labute approximate surface area is 122 Å². The molecule has 0 radical (unpaired) electrons. The van der Waals surface area contributed by atoms with Crippen LogP contribution in [0.15, 0.2) is 34.9 Å². The SMILES string of the molecule is Cc1cc(CS(=O)(=O)NC2c3ccccc3CC2O)no1. The van der Waals surface area contributed by atoms with Crippen LogP contribution in [0, 0.1) is 6.92 Å². The first kappa shape index (κ1) is 14.2. The Morgan fingerprint density at radius 1 is 1.43 bits per heavy atom. The predicted molar refractivity (Wildman–Crippen MR) is 75.9 cm³/mol. The molecule has 1 aliphatic rings. The van der Waals surface area contributed by atoms with Crippen LogP contribution < -0.4 is 4.72 Å². The van der Waals surface area contributed by atoms with Crippen LogP contribution in [0.4, 0.5) is 0 Å². The number of aryl methyl sites for hydroxylation is 1. The standard InChI is InChI=1S/C14H16N2O4S/c1-9-6-11(15-20-9)8-21(18,19)16-14-12-5-3-2-4-10(12)7-13(14)17/h2-6,13-14,16-17H,7-8H2,1H3. The number of nitrogens with one attached hydrogen (secondary N) is 1. The third-order valence-corrected chi connectivity index (χ3v) is 4.81. The van der Waals surface area contributed by atoms with Crippen LogP contribution >= 0.6 is 0 Å². The molecule has 0 saturated carbocycles. The van der Waals surface area contributed by atoms with E-state index >= 15 is 0 Å². The second-order valence-electron chi connectivity index (χ2n) is 5.25. The molecule has 112 valence electrons. The Kier molecular flexibility index (Phi) is 3.56. The number of hydrogen-bond donors (Lipinski definition) is 2. The van der Waals surface area contributed by atoms with Gasteiger partial charge in [-0.1, -0.05) is 29.4 Å². The van der Waals surface area contributed by atoms with Gasteiger partial charge in [-0.05, 0) is 18.1 Å². The van der Waals surface area contributed by atoms with Crippen LogP contribution in [-0.4, -0.2) is 24.8 Å². The molecule has 0 aliphatic heterocycles. The first-order chi connectivity index (χ1) is 9.94. The van der Waals surface area contributed by atoms with E-state index in [-0.39, 0.29) is 5.75 Å². The highest BCUT2D eigenvalue weighted by molar-refractivity contribution is 7.88. The van der Waals surface area contributed by atoms with Crippen molar-refractivity contribution in [2.45, 2.75) is 31.2 Å². The van der Waals surface area contributed by atoms with Crippen molar-refractivity contribution in [3.63, 3.8) is 0 Å². The van der Waals surface area contributed by atoms with E-state index in [1.165, 1.54) is 0 Å². The molecule has 1 aliphatic carbocycles. The number of benzene rings is 1. The summed E-state index contributed by atoms with van der Waals surface area (Å²) in [5.41, 5.74) is 2.14. The molecule has 1 aromatic carbocycles. The summed E-state index contributed by atoms with van der Waals surface area (Å²) in [7, 11) is -3.61. The van der Waals surface area contributed by atoms with Gasteiger partial charge in [0, 0.05) is 12.5 Å². The smallest absolute Gasteiger partial charge is 0.218 e. The summed E-state index contributed by atoms with van der Waals surface area (Å²) >= 11 is 0. The zero-order valence-electron chi connectivity index (χ0n) is 11.5. The first-order valence-corrected chi connectivity index (χ1v) is 8.28. The normalized spacial score (nSPS) is 21.4. The van der Waals surface area contributed by atoms with Gasteiger partial charge in [-0.2, -0.15) is 0 Å². The third kappa shape index (κ3) is 2.99. The minimum absolute atomic E-state index is 0.268. The minimum atomic E-state index is -3.61. The fourth-order valence-electron chi connectivity index (χ4n) is 2.63. The van der Waals surface area contributed by atoms with Crippen molar-refractivity contribution < 1.29 is 18.0 Å². The molecular formula is C14H16N2O4S. The topological polar surface area (TPSA) is 92.4 Å². The summed E-state index contributed by atoms with van der Waals surface area (Å²) in [5.74, 6) is 0.293. The second-order valence-corrected chi connectivity index (χ2v) is 7.01. The zero-order chi connectivity index (χ0) is 15.0. The van der Waals surface area contributed by atoms with E-state index in [4.69, 9.17) is 4.52 Å². The van der Waals surface area contributed by atoms with Crippen LogP contribution in [0.1, 0.15) is 28.6 Å². The molecule has 2 atom stereocenters. The first-order valence-electron chi connectivity index (χ1n) is 6.63. The molecule has 0 spiro atoms. The van der Waals surface area contributed by atoms with Crippen molar-refractivity contribution in [3.8, 4) is 0 Å². The number of sulfonamides is 1. The maximum absolute atomic E-state index is 12.2. The number of rotatable bonds is 4. The van der Waals surface area contributed by atoms with E-state index in [0.717, 1.165) is 11.1 Å². The maximum atomic E-state index is 12.2. The molecule has 3 rings (SSSR count). The Bertz CT molecular complexity index is 754. The molecule has 0 saturated heterocycles. The molecule has 7 heteroatoms. The fourth-order valence-corrected chi connectivity index (χ4v) is 3.91. The van der Waals surface area contributed by atoms with Gasteiger partial charge in [0.05, 0.1) is 12.1 Å². The van der Waals surface area contributed by atoms with Gasteiger partial charge in [-0.25, -0.2) is 13.1 Å². The van der Waals surface area contributed by atoms with Gasteiger partial charge in [-0.15, -0.1) is 0 Å². The van der Waals surface area contributed by atoms with Gasteiger partial charge in [0.1, 0.15) is 17.2 Å².